The second-order valence-electron chi connectivity index (χ2n) is 11.8. The Bertz CT molecular complexity index is 1520. The van der Waals surface area contributed by atoms with Gasteiger partial charge in [0.1, 0.15) is 15.6 Å². The molecule has 2 saturated heterocycles. The van der Waals surface area contributed by atoms with Crippen molar-refractivity contribution in [2.24, 2.45) is 11.8 Å². The SMILES string of the molecule is CC1C=CC(c2cc(N3C(=O)CN(S(=O)(=O)c4ccc(N5CCOCC5)nc4)C[C@H]3C3CCCCC3)c(C(=O)O)s2)=CC1. The van der Waals surface area contributed by atoms with E-state index in [4.69, 9.17) is 4.74 Å². The summed E-state index contributed by atoms with van der Waals surface area (Å²) in [4.78, 5) is 35.5. The normalized spacial score (nSPS) is 24.3. The van der Waals surface area contributed by atoms with Crippen molar-refractivity contribution in [2.45, 2.75) is 56.4 Å². The van der Waals surface area contributed by atoms with Gasteiger partial charge in [-0.3, -0.25) is 4.79 Å². The van der Waals surface area contributed by atoms with Crippen LogP contribution in [0, 0.1) is 11.8 Å². The quantitative estimate of drug-likeness (QED) is 0.472. The highest BCUT2D eigenvalue weighted by Crippen LogP contribution is 2.41. The molecule has 230 valence electrons. The number of aromatic carboxylic acids is 1. The molecule has 0 aromatic carbocycles. The number of rotatable bonds is 7. The average Bonchev–Trinajstić information content (AvgIpc) is 3.47. The summed E-state index contributed by atoms with van der Waals surface area (Å²) in [6.45, 7) is 4.44. The predicted octanol–water partition coefficient (Wildman–Crippen LogP) is 4.64. The molecule has 2 aromatic heterocycles. The Kier molecular flexibility index (Phi) is 8.72. The van der Waals surface area contributed by atoms with Crippen LogP contribution < -0.4 is 9.80 Å². The van der Waals surface area contributed by atoms with E-state index < -0.39 is 27.9 Å². The van der Waals surface area contributed by atoms with Crippen molar-refractivity contribution >= 4 is 50.3 Å². The molecule has 1 amide bonds. The monoisotopic (exact) mass is 626 g/mol. The number of hydrogen-bond donors (Lipinski definition) is 1. The zero-order valence-corrected chi connectivity index (χ0v) is 26.0. The predicted molar refractivity (Wildman–Crippen MR) is 166 cm³/mol. The van der Waals surface area contributed by atoms with Gasteiger partial charge in [-0.1, -0.05) is 44.4 Å². The van der Waals surface area contributed by atoms with Crippen molar-refractivity contribution in [3.8, 4) is 0 Å². The van der Waals surface area contributed by atoms with Crippen LogP contribution in [0.25, 0.3) is 5.57 Å². The summed E-state index contributed by atoms with van der Waals surface area (Å²) < 4.78 is 34.4. The molecule has 2 aliphatic heterocycles. The lowest BCUT2D eigenvalue weighted by Gasteiger charge is -2.44. The summed E-state index contributed by atoms with van der Waals surface area (Å²) in [5, 5.41) is 10.2. The number of carboxylic acid groups (broad SMARTS) is 1. The van der Waals surface area contributed by atoms with Crippen molar-refractivity contribution in [3.05, 3.63) is 52.4 Å². The Balaban J connectivity index is 1.31. The molecule has 12 heteroatoms. The smallest absolute Gasteiger partial charge is 0.348 e. The summed E-state index contributed by atoms with van der Waals surface area (Å²) in [7, 11) is -4.02. The molecule has 0 spiro atoms. The minimum Gasteiger partial charge on any atom is -0.477 e. The number of allylic oxidation sites excluding steroid dienone is 4. The van der Waals surface area contributed by atoms with Crippen LogP contribution in [0.3, 0.4) is 0 Å². The lowest BCUT2D eigenvalue weighted by molar-refractivity contribution is -0.121. The van der Waals surface area contributed by atoms with E-state index in [1.165, 1.54) is 21.8 Å². The molecule has 6 rings (SSSR count). The number of pyridine rings is 1. The van der Waals surface area contributed by atoms with Crippen LogP contribution >= 0.6 is 11.3 Å². The topological polar surface area (TPSA) is 120 Å². The first kappa shape index (κ1) is 30.0. The molecule has 1 N–H and O–H groups in total. The van der Waals surface area contributed by atoms with Gasteiger partial charge >= 0.3 is 5.97 Å². The fourth-order valence-corrected chi connectivity index (χ4v) is 8.92. The highest BCUT2D eigenvalue weighted by molar-refractivity contribution is 7.89. The fraction of sp³-hybridized carbons (Fsp3) is 0.516. The van der Waals surface area contributed by atoms with Gasteiger partial charge in [0.2, 0.25) is 15.9 Å². The van der Waals surface area contributed by atoms with Crippen molar-refractivity contribution in [1.82, 2.24) is 9.29 Å². The van der Waals surface area contributed by atoms with E-state index in [-0.39, 0.29) is 28.8 Å². The van der Waals surface area contributed by atoms with Gasteiger partial charge in [-0.15, -0.1) is 11.3 Å². The third kappa shape index (κ3) is 6.15. The van der Waals surface area contributed by atoms with Crippen molar-refractivity contribution < 1.29 is 27.9 Å². The summed E-state index contributed by atoms with van der Waals surface area (Å²) >= 11 is 1.17. The largest absolute Gasteiger partial charge is 0.477 e. The number of piperazine rings is 1. The van der Waals surface area contributed by atoms with Gasteiger partial charge in [0, 0.05) is 30.7 Å². The first-order valence-electron chi connectivity index (χ1n) is 15.1. The van der Waals surface area contributed by atoms with E-state index in [2.05, 4.69) is 29.0 Å². The molecule has 1 saturated carbocycles. The number of morpholine rings is 1. The van der Waals surface area contributed by atoms with Crippen LogP contribution in [-0.2, 0) is 19.6 Å². The number of nitrogens with zero attached hydrogens (tertiary/aromatic N) is 4. The van der Waals surface area contributed by atoms with Gasteiger partial charge in [-0.05, 0) is 54.9 Å². The Hall–Kier alpha value is -3.06. The molecule has 43 heavy (non-hydrogen) atoms. The second kappa shape index (κ2) is 12.5. The molecular formula is C31H38N4O6S2. The number of carbonyl (C=O) groups is 2. The van der Waals surface area contributed by atoms with Gasteiger partial charge in [0.15, 0.2) is 0 Å². The molecule has 1 unspecified atom stereocenters. The highest BCUT2D eigenvalue weighted by atomic mass is 32.2. The Morgan fingerprint density at radius 1 is 1.14 bits per heavy atom. The molecule has 2 aromatic rings. The molecule has 10 nitrogen and oxygen atoms in total. The van der Waals surface area contributed by atoms with E-state index in [9.17, 15) is 23.1 Å². The van der Waals surface area contributed by atoms with Crippen molar-refractivity contribution in [2.75, 3.05) is 49.2 Å². The van der Waals surface area contributed by atoms with Crippen LogP contribution in [0.5, 0.6) is 0 Å². The average molecular weight is 627 g/mol. The summed E-state index contributed by atoms with van der Waals surface area (Å²) in [6, 6.07) is 4.61. The minimum absolute atomic E-state index is 0.0439. The molecule has 4 heterocycles. The van der Waals surface area contributed by atoms with Gasteiger partial charge in [0.05, 0.1) is 31.5 Å². The van der Waals surface area contributed by atoms with E-state index in [1.807, 2.05) is 12.1 Å². The first-order valence-corrected chi connectivity index (χ1v) is 17.3. The first-order chi connectivity index (χ1) is 20.7. The lowest BCUT2D eigenvalue weighted by Crippen LogP contribution is -2.60. The standard InChI is InChI=1S/C31H38N4O6S2/c1-21-7-9-23(10-8-21)27-17-25(30(42-27)31(37)38)35-26(22-5-3-2-4-6-22)19-34(20-29(35)36)43(39,40)24-11-12-28(32-18-24)33-13-15-41-16-14-33/h7,9-12,17-18,21-22,26H,2-6,8,13-16,19-20H2,1H3,(H,37,38)/t21?,26-/m0/s1. The van der Waals surface area contributed by atoms with Crippen LogP contribution in [0.1, 0.15) is 60.0 Å². The minimum atomic E-state index is -4.02. The van der Waals surface area contributed by atoms with E-state index in [1.54, 1.807) is 17.0 Å². The van der Waals surface area contributed by atoms with Crippen molar-refractivity contribution in [1.29, 1.82) is 0 Å². The number of aromatic nitrogens is 1. The van der Waals surface area contributed by atoms with Crippen LogP contribution in [0.2, 0.25) is 0 Å². The second-order valence-corrected chi connectivity index (χ2v) is 14.8. The molecule has 3 fully saturated rings. The molecular weight excluding hydrogens is 588 g/mol. The molecule has 2 aliphatic carbocycles. The van der Waals surface area contributed by atoms with E-state index in [0.717, 1.165) is 49.0 Å². The fourth-order valence-electron chi connectivity index (χ4n) is 6.56. The number of ether oxygens (including phenoxy) is 1. The van der Waals surface area contributed by atoms with Crippen LogP contribution in [0.4, 0.5) is 11.5 Å². The zero-order chi connectivity index (χ0) is 30.1. The number of anilines is 2. The highest BCUT2D eigenvalue weighted by Gasteiger charge is 2.44. The molecule has 0 radical (unpaired) electrons. The molecule has 0 bridgehead atoms. The zero-order valence-electron chi connectivity index (χ0n) is 24.4. The van der Waals surface area contributed by atoms with Gasteiger partial charge in [-0.25, -0.2) is 18.2 Å². The maximum atomic E-state index is 14.0. The Labute approximate surface area is 256 Å². The van der Waals surface area contributed by atoms with Crippen molar-refractivity contribution in [3.63, 3.8) is 0 Å². The number of carbonyl (C=O) groups excluding carboxylic acids is 1. The van der Waals surface area contributed by atoms with E-state index >= 15 is 0 Å². The van der Waals surface area contributed by atoms with Crippen LogP contribution in [0.15, 0.2) is 47.5 Å². The summed E-state index contributed by atoms with van der Waals surface area (Å²) in [5.74, 6) is -0.318. The van der Waals surface area contributed by atoms with Gasteiger partial charge < -0.3 is 19.6 Å². The molecule has 2 atom stereocenters. The third-order valence-electron chi connectivity index (χ3n) is 8.95. The number of carboxylic acids is 1. The number of sulfonamides is 1. The Morgan fingerprint density at radius 2 is 1.91 bits per heavy atom. The number of thiophene rings is 1. The number of amides is 1. The summed E-state index contributed by atoms with van der Waals surface area (Å²) in [5.41, 5.74) is 1.32. The van der Waals surface area contributed by atoms with Crippen LogP contribution in [-0.4, -0.2) is 80.1 Å². The lowest BCUT2D eigenvalue weighted by atomic mass is 9.82. The van der Waals surface area contributed by atoms with E-state index in [0.29, 0.717) is 43.7 Å². The van der Waals surface area contributed by atoms with Gasteiger partial charge in [0.25, 0.3) is 0 Å². The Morgan fingerprint density at radius 3 is 2.56 bits per heavy atom. The number of hydrogen-bond acceptors (Lipinski definition) is 8. The third-order valence-corrected chi connectivity index (χ3v) is 11.9. The maximum absolute atomic E-state index is 14.0. The summed E-state index contributed by atoms with van der Waals surface area (Å²) in [6.07, 6.45) is 13.3. The maximum Gasteiger partial charge on any atom is 0.348 e. The van der Waals surface area contributed by atoms with Gasteiger partial charge in [-0.2, -0.15) is 4.31 Å². The molecule has 4 aliphatic rings.